The van der Waals surface area contributed by atoms with Crippen LogP contribution in [0.25, 0.3) is 10.8 Å². The molecular weight excluding hydrogens is 440 g/mol. The second-order valence-electron chi connectivity index (χ2n) is 8.49. The molecule has 0 aliphatic carbocycles. The molecule has 1 saturated heterocycles. The van der Waals surface area contributed by atoms with E-state index in [9.17, 15) is 4.79 Å². The Kier molecular flexibility index (Phi) is 6.43. The fourth-order valence-corrected chi connectivity index (χ4v) is 4.28. The predicted molar refractivity (Wildman–Crippen MR) is 138 cm³/mol. The van der Waals surface area contributed by atoms with E-state index in [1.165, 1.54) is 0 Å². The Morgan fingerprint density at radius 2 is 1.74 bits per heavy atom. The van der Waals surface area contributed by atoms with Crippen molar-refractivity contribution in [2.45, 2.75) is 13.8 Å². The number of nitrogens with zero attached hydrogens (tertiary/aromatic N) is 5. The number of amides is 1. The van der Waals surface area contributed by atoms with Crippen LogP contribution in [0.4, 0.5) is 17.5 Å². The van der Waals surface area contributed by atoms with Gasteiger partial charge >= 0.3 is 0 Å². The van der Waals surface area contributed by atoms with Gasteiger partial charge in [-0.25, -0.2) is 4.98 Å². The van der Waals surface area contributed by atoms with Crippen LogP contribution in [0.1, 0.15) is 22.8 Å². The first kappa shape index (κ1) is 22.6. The molecule has 5 rings (SSSR count). The Hall–Kier alpha value is -4.20. The number of aryl methyl sites for hydroxylation is 1. The van der Waals surface area contributed by atoms with Crippen molar-refractivity contribution in [2.24, 2.45) is 0 Å². The van der Waals surface area contributed by atoms with Gasteiger partial charge in [0.2, 0.25) is 0 Å². The number of carbonyl (C=O) groups excluding carboxylic acids is 1. The van der Waals surface area contributed by atoms with Crippen LogP contribution in [0.15, 0.2) is 66.9 Å². The van der Waals surface area contributed by atoms with E-state index in [1.807, 2.05) is 79.4 Å². The maximum absolute atomic E-state index is 13.6. The van der Waals surface area contributed by atoms with Crippen molar-refractivity contribution in [1.29, 1.82) is 0 Å². The van der Waals surface area contributed by atoms with E-state index >= 15 is 0 Å². The van der Waals surface area contributed by atoms with Crippen molar-refractivity contribution >= 4 is 34.1 Å². The summed E-state index contributed by atoms with van der Waals surface area (Å²) >= 11 is 0. The molecule has 0 radical (unpaired) electrons. The van der Waals surface area contributed by atoms with E-state index < -0.39 is 0 Å². The zero-order valence-electron chi connectivity index (χ0n) is 19.9. The second-order valence-corrected chi connectivity index (χ2v) is 8.49. The topological polar surface area (TPSA) is 83.5 Å². The summed E-state index contributed by atoms with van der Waals surface area (Å²) in [5.41, 5.74) is 1.74. The molecule has 178 valence electrons. The van der Waals surface area contributed by atoms with E-state index in [0.717, 1.165) is 28.0 Å². The Labute approximate surface area is 204 Å². The lowest BCUT2D eigenvalue weighted by Gasteiger charge is -2.35. The predicted octanol–water partition coefficient (Wildman–Crippen LogP) is 4.44. The number of carbonyl (C=O) groups is 1. The Balaban J connectivity index is 1.26. The number of fused-ring (bicyclic) bond motifs is 1. The van der Waals surface area contributed by atoms with Gasteiger partial charge in [-0.15, -0.1) is 10.2 Å². The van der Waals surface area contributed by atoms with Crippen LogP contribution in [-0.2, 0) is 0 Å². The molecule has 1 aliphatic heterocycles. The fourth-order valence-electron chi connectivity index (χ4n) is 4.28. The fraction of sp³-hybridized carbons (Fsp3) is 0.259. The Morgan fingerprint density at radius 3 is 2.46 bits per heavy atom. The van der Waals surface area contributed by atoms with Crippen LogP contribution >= 0.6 is 0 Å². The number of rotatable bonds is 6. The largest absolute Gasteiger partial charge is 0.493 e. The van der Waals surface area contributed by atoms with Crippen LogP contribution < -0.4 is 15.0 Å². The number of nitrogens with one attached hydrogen (secondary N) is 1. The summed E-state index contributed by atoms with van der Waals surface area (Å²) in [4.78, 5) is 22.0. The summed E-state index contributed by atoms with van der Waals surface area (Å²) in [7, 11) is 0. The SMILES string of the molecule is CCOc1ccc2ccccc2c1C(=O)N1CCN(c2ccc(Nc3ccc(C)cn3)nn2)CC1. The molecule has 1 fully saturated rings. The quantitative estimate of drug-likeness (QED) is 0.448. The molecule has 0 unspecified atom stereocenters. The van der Waals surface area contributed by atoms with Crippen molar-refractivity contribution in [2.75, 3.05) is 43.0 Å². The molecule has 35 heavy (non-hydrogen) atoms. The zero-order valence-corrected chi connectivity index (χ0v) is 19.9. The van der Waals surface area contributed by atoms with Crippen LogP contribution in [-0.4, -0.2) is 58.8 Å². The smallest absolute Gasteiger partial charge is 0.258 e. The lowest BCUT2D eigenvalue weighted by atomic mass is 10.0. The van der Waals surface area contributed by atoms with Gasteiger partial charge in [-0.2, -0.15) is 0 Å². The van der Waals surface area contributed by atoms with Gasteiger partial charge in [0.1, 0.15) is 11.6 Å². The van der Waals surface area contributed by atoms with Crippen molar-refractivity contribution in [3.63, 3.8) is 0 Å². The van der Waals surface area contributed by atoms with Crippen molar-refractivity contribution in [1.82, 2.24) is 20.1 Å². The van der Waals surface area contributed by atoms with Gasteiger partial charge in [0.15, 0.2) is 11.6 Å². The summed E-state index contributed by atoms with van der Waals surface area (Å²) in [6.07, 6.45) is 1.81. The average Bonchev–Trinajstić information content (AvgIpc) is 2.90. The molecule has 8 nitrogen and oxygen atoms in total. The number of ether oxygens (including phenoxy) is 1. The lowest BCUT2D eigenvalue weighted by Crippen LogP contribution is -2.49. The summed E-state index contributed by atoms with van der Waals surface area (Å²) in [5.74, 6) is 2.79. The second kappa shape index (κ2) is 9.97. The van der Waals surface area contributed by atoms with Gasteiger partial charge in [-0.3, -0.25) is 4.79 Å². The standard InChI is InChI=1S/C27H28N6O2/c1-3-35-22-10-9-20-6-4-5-7-21(20)26(22)27(34)33-16-14-32(15-17-33)25-13-12-24(30-31-25)29-23-11-8-19(2)18-28-23/h4-13,18H,3,14-17H2,1-2H3,(H,28,29,30). The van der Waals surface area contributed by atoms with E-state index in [-0.39, 0.29) is 5.91 Å². The minimum atomic E-state index is 0.00105. The van der Waals surface area contributed by atoms with Crippen LogP contribution in [0.2, 0.25) is 0 Å². The first-order valence-corrected chi connectivity index (χ1v) is 11.8. The number of pyridine rings is 1. The van der Waals surface area contributed by atoms with E-state index in [1.54, 1.807) is 6.20 Å². The number of hydrogen-bond acceptors (Lipinski definition) is 7. The molecule has 0 bridgehead atoms. The van der Waals surface area contributed by atoms with Crippen LogP contribution in [0.3, 0.4) is 0 Å². The average molecular weight is 469 g/mol. The van der Waals surface area contributed by atoms with E-state index in [0.29, 0.717) is 49.9 Å². The molecule has 8 heteroatoms. The maximum Gasteiger partial charge on any atom is 0.258 e. The molecule has 1 aliphatic rings. The van der Waals surface area contributed by atoms with E-state index in [4.69, 9.17) is 4.74 Å². The molecule has 0 spiro atoms. The lowest BCUT2D eigenvalue weighted by molar-refractivity contribution is 0.0744. The highest BCUT2D eigenvalue weighted by Gasteiger charge is 2.26. The number of anilines is 3. The third kappa shape index (κ3) is 4.87. The van der Waals surface area contributed by atoms with Gasteiger partial charge in [0.05, 0.1) is 12.2 Å². The monoisotopic (exact) mass is 468 g/mol. The normalized spacial score (nSPS) is 13.7. The summed E-state index contributed by atoms with van der Waals surface area (Å²) in [5, 5.41) is 13.8. The maximum atomic E-state index is 13.6. The van der Waals surface area contributed by atoms with Gasteiger partial charge in [-0.05, 0) is 54.4 Å². The number of benzene rings is 2. The van der Waals surface area contributed by atoms with Gasteiger partial charge in [0.25, 0.3) is 5.91 Å². The molecule has 1 amide bonds. The number of aromatic nitrogens is 3. The molecule has 0 saturated carbocycles. The summed E-state index contributed by atoms with van der Waals surface area (Å²) in [6, 6.07) is 19.6. The Morgan fingerprint density at radius 1 is 0.943 bits per heavy atom. The first-order valence-electron chi connectivity index (χ1n) is 11.8. The van der Waals surface area contributed by atoms with Gasteiger partial charge < -0.3 is 19.9 Å². The molecule has 1 N–H and O–H groups in total. The molecular formula is C27H28N6O2. The number of hydrogen-bond donors (Lipinski definition) is 1. The summed E-state index contributed by atoms with van der Waals surface area (Å²) in [6.45, 7) is 7.00. The Bertz CT molecular complexity index is 1320. The summed E-state index contributed by atoms with van der Waals surface area (Å²) < 4.78 is 5.82. The molecule has 4 aromatic rings. The molecule has 3 heterocycles. The highest BCUT2D eigenvalue weighted by molar-refractivity contribution is 6.09. The van der Waals surface area contributed by atoms with Crippen molar-refractivity contribution in [3.05, 3.63) is 78.0 Å². The molecule has 2 aromatic heterocycles. The molecule has 0 atom stereocenters. The minimum absolute atomic E-state index is 0.00105. The number of piperazine rings is 1. The first-order chi connectivity index (χ1) is 17.1. The zero-order chi connectivity index (χ0) is 24.2. The van der Waals surface area contributed by atoms with Crippen molar-refractivity contribution < 1.29 is 9.53 Å². The van der Waals surface area contributed by atoms with E-state index in [2.05, 4.69) is 25.4 Å². The van der Waals surface area contributed by atoms with Crippen LogP contribution in [0.5, 0.6) is 5.75 Å². The van der Waals surface area contributed by atoms with Gasteiger partial charge in [-0.1, -0.05) is 36.4 Å². The third-order valence-electron chi connectivity index (χ3n) is 6.11. The third-order valence-corrected chi connectivity index (χ3v) is 6.11. The van der Waals surface area contributed by atoms with Crippen molar-refractivity contribution in [3.8, 4) is 5.75 Å². The van der Waals surface area contributed by atoms with Crippen LogP contribution in [0, 0.1) is 6.92 Å². The minimum Gasteiger partial charge on any atom is -0.493 e. The van der Waals surface area contributed by atoms with Gasteiger partial charge in [0, 0.05) is 32.4 Å². The highest BCUT2D eigenvalue weighted by Crippen LogP contribution is 2.30. The highest BCUT2D eigenvalue weighted by atomic mass is 16.5. The molecule has 2 aromatic carbocycles.